The van der Waals surface area contributed by atoms with Gasteiger partial charge in [-0.3, -0.25) is 0 Å². The molecule has 1 fully saturated rings. The summed E-state index contributed by atoms with van der Waals surface area (Å²) in [7, 11) is 0. The van der Waals surface area contributed by atoms with E-state index >= 15 is 0 Å². The summed E-state index contributed by atoms with van der Waals surface area (Å²) in [5.41, 5.74) is 7.06. The van der Waals surface area contributed by atoms with Crippen molar-refractivity contribution >= 4 is 11.3 Å². The number of nitrogens with two attached hydrogens (primary N) is 1. The van der Waals surface area contributed by atoms with Crippen molar-refractivity contribution in [2.75, 3.05) is 0 Å². The van der Waals surface area contributed by atoms with Gasteiger partial charge >= 0.3 is 0 Å². The Labute approximate surface area is 89.5 Å². The van der Waals surface area contributed by atoms with Crippen LogP contribution in [0.3, 0.4) is 0 Å². The van der Waals surface area contributed by atoms with Gasteiger partial charge in [-0.1, -0.05) is 20.3 Å². The van der Waals surface area contributed by atoms with Crippen molar-refractivity contribution < 1.29 is 0 Å². The number of hydrogen-bond donors (Lipinski definition) is 1. The summed E-state index contributed by atoms with van der Waals surface area (Å²) in [6.07, 6.45) is 3.99. The van der Waals surface area contributed by atoms with Gasteiger partial charge in [0, 0.05) is 23.3 Å². The minimum atomic E-state index is 0.541. The minimum absolute atomic E-state index is 0.541. The topological polar surface area (TPSA) is 38.9 Å². The lowest BCUT2D eigenvalue weighted by molar-refractivity contribution is 0.409. The Morgan fingerprint density at radius 3 is 2.64 bits per heavy atom. The lowest BCUT2D eigenvalue weighted by atomic mass is 9.82. The van der Waals surface area contributed by atoms with Crippen LogP contribution in [0.1, 0.15) is 60.5 Å². The highest BCUT2D eigenvalue weighted by molar-refractivity contribution is 7.11. The molecule has 2 nitrogen and oxygen atoms in total. The SMILES string of the molecule is CC(C)c1nc(C2CCC2)c(CN)s1. The van der Waals surface area contributed by atoms with Crippen molar-refractivity contribution in [3.05, 3.63) is 15.6 Å². The Kier molecular flexibility index (Phi) is 2.88. The Morgan fingerprint density at radius 1 is 1.50 bits per heavy atom. The standard InChI is InChI=1S/C11H18N2S/c1-7(2)11-13-10(8-4-3-5-8)9(6-12)14-11/h7-8H,3-6,12H2,1-2H3. The van der Waals surface area contributed by atoms with Crippen LogP contribution in [-0.2, 0) is 6.54 Å². The van der Waals surface area contributed by atoms with Gasteiger partial charge in [-0.05, 0) is 12.8 Å². The molecule has 0 aliphatic heterocycles. The van der Waals surface area contributed by atoms with Crippen LogP contribution in [0.25, 0.3) is 0 Å². The van der Waals surface area contributed by atoms with Crippen LogP contribution in [-0.4, -0.2) is 4.98 Å². The summed E-state index contributed by atoms with van der Waals surface area (Å²) in [6.45, 7) is 5.06. The Morgan fingerprint density at radius 2 is 2.21 bits per heavy atom. The third-order valence-electron chi connectivity index (χ3n) is 2.92. The number of hydrogen-bond acceptors (Lipinski definition) is 3. The van der Waals surface area contributed by atoms with Gasteiger partial charge in [0.1, 0.15) is 0 Å². The number of nitrogens with zero attached hydrogens (tertiary/aromatic N) is 1. The smallest absolute Gasteiger partial charge is 0.0957 e. The molecule has 0 unspecified atom stereocenters. The predicted octanol–water partition coefficient (Wildman–Crippen LogP) is 2.99. The molecule has 2 N–H and O–H groups in total. The zero-order chi connectivity index (χ0) is 10.1. The first-order valence-corrected chi connectivity index (χ1v) is 6.23. The van der Waals surface area contributed by atoms with E-state index in [1.807, 2.05) is 11.3 Å². The molecule has 78 valence electrons. The molecule has 1 aliphatic carbocycles. The van der Waals surface area contributed by atoms with Crippen LogP contribution >= 0.6 is 11.3 Å². The summed E-state index contributed by atoms with van der Waals surface area (Å²) in [5.74, 6) is 1.26. The fraction of sp³-hybridized carbons (Fsp3) is 0.727. The van der Waals surface area contributed by atoms with Crippen molar-refractivity contribution in [1.82, 2.24) is 4.98 Å². The minimum Gasteiger partial charge on any atom is -0.326 e. The zero-order valence-electron chi connectivity index (χ0n) is 8.92. The number of thiazole rings is 1. The van der Waals surface area contributed by atoms with E-state index in [1.54, 1.807) is 0 Å². The summed E-state index contributed by atoms with van der Waals surface area (Å²) >= 11 is 1.81. The van der Waals surface area contributed by atoms with Crippen LogP contribution < -0.4 is 5.73 Å². The molecule has 1 aromatic heterocycles. The number of rotatable bonds is 3. The first-order chi connectivity index (χ1) is 6.72. The first-order valence-electron chi connectivity index (χ1n) is 5.42. The second-order valence-corrected chi connectivity index (χ2v) is 5.46. The third kappa shape index (κ3) is 1.71. The Hall–Kier alpha value is -0.410. The van der Waals surface area contributed by atoms with E-state index in [1.165, 1.54) is 34.8 Å². The fourth-order valence-electron chi connectivity index (χ4n) is 1.78. The van der Waals surface area contributed by atoms with Crippen molar-refractivity contribution in [2.24, 2.45) is 5.73 Å². The number of aromatic nitrogens is 1. The van der Waals surface area contributed by atoms with E-state index in [0.29, 0.717) is 12.5 Å². The molecular formula is C11H18N2S. The van der Waals surface area contributed by atoms with E-state index in [4.69, 9.17) is 10.7 Å². The second-order valence-electron chi connectivity index (χ2n) is 4.35. The Bertz CT molecular complexity index is 313. The fourth-order valence-corrected chi connectivity index (χ4v) is 2.81. The molecule has 1 aliphatic rings. The normalized spacial score (nSPS) is 17.4. The van der Waals surface area contributed by atoms with Gasteiger partial charge < -0.3 is 5.73 Å². The maximum absolute atomic E-state index is 5.75. The van der Waals surface area contributed by atoms with Crippen molar-refractivity contribution in [2.45, 2.75) is 51.5 Å². The maximum atomic E-state index is 5.75. The molecule has 2 rings (SSSR count). The zero-order valence-corrected chi connectivity index (χ0v) is 9.73. The van der Waals surface area contributed by atoms with Gasteiger partial charge in [0.15, 0.2) is 0 Å². The van der Waals surface area contributed by atoms with Crippen LogP contribution in [0.5, 0.6) is 0 Å². The largest absolute Gasteiger partial charge is 0.326 e. The van der Waals surface area contributed by atoms with Crippen LogP contribution in [0.2, 0.25) is 0 Å². The quantitative estimate of drug-likeness (QED) is 0.833. The molecule has 1 heterocycles. The van der Waals surface area contributed by atoms with Gasteiger partial charge in [0.05, 0.1) is 10.7 Å². The molecule has 0 spiro atoms. The molecular weight excluding hydrogens is 192 g/mol. The molecule has 3 heteroatoms. The van der Waals surface area contributed by atoms with Crippen LogP contribution in [0.15, 0.2) is 0 Å². The molecule has 0 bridgehead atoms. The molecule has 0 aromatic carbocycles. The highest BCUT2D eigenvalue weighted by Crippen LogP contribution is 2.40. The molecule has 1 saturated carbocycles. The van der Waals surface area contributed by atoms with E-state index < -0.39 is 0 Å². The highest BCUT2D eigenvalue weighted by atomic mass is 32.1. The second kappa shape index (κ2) is 3.99. The van der Waals surface area contributed by atoms with E-state index in [-0.39, 0.29) is 0 Å². The molecule has 0 amide bonds. The molecule has 0 saturated heterocycles. The van der Waals surface area contributed by atoms with E-state index in [0.717, 1.165) is 5.92 Å². The Balaban J connectivity index is 2.27. The summed E-state index contributed by atoms with van der Waals surface area (Å²) in [6, 6.07) is 0. The molecule has 14 heavy (non-hydrogen) atoms. The predicted molar refractivity (Wildman–Crippen MR) is 60.7 cm³/mol. The summed E-state index contributed by atoms with van der Waals surface area (Å²) in [5, 5.41) is 1.26. The van der Waals surface area contributed by atoms with Gasteiger partial charge in [-0.15, -0.1) is 11.3 Å². The van der Waals surface area contributed by atoms with Crippen LogP contribution in [0.4, 0.5) is 0 Å². The van der Waals surface area contributed by atoms with Gasteiger partial charge in [-0.25, -0.2) is 4.98 Å². The van der Waals surface area contributed by atoms with Gasteiger partial charge in [0.25, 0.3) is 0 Å². The summed E-state index contributed by atoms with van der Waals surface area (Å²) in [4.78, 5) is 6.06. The van der Waals surface area contributed by atoms with E-state index in [9.17, 15) is 0 Å². The lowest BCUT2D eigenvalue weighted by Crippen LogP contribution is -2.12. The summed E-state index contributed by atoms with van der Waals surface area (Å²) < 4.78 is 0. The van der Waals surface area contributed by atoms with Gasteiger partial charge in [0.2, 0.25) is 0 Å². The maximum Gasteiger partial charge on any atom is 0.0957 e. The average Bonchev–Trinajstić information content (AvgIpc) is 2.45. The molecule has 1 aromatic rings. The highest BCUT2D eigenvalue weighted by Gasteiger charge is 2.25. The first kappa shape index (κ1) is 10.1. The lowest BCUT2D eigenvalue weighted by Gasteiger charge is -2.24. The monoisotopic (exact) mass is 210 g/mol. The molecule has 0 atom stereocenters. The van der Waals surface area contributed by atoms with Crippen molar-refractivity contribution in [1.29, 1.82) is 0 Å². The van der Waals surface area contributed by atoms with Crippen molar-refractivity contribution in [3.63, 3.8) is 0 Å². The molecule has 0 radical (unpaired) electrons. The van der Waals surface area contributed by atoms with Crippen molar-refractivity contribution in [3.8, 4) is 0 Å². The average molecular weight is 210 g/mol. The van der Waals surface area contributed by atoms with E-state index in [2.05, 4.69) is 13.8 Å². The van der Waals surface area contributed by atoms with Crippen LogP contribution in [0, 0.1) is 0 Å². The van der Waals surface area contributed by atoms with Gasteiger partial charge in [-0.2, -0.15) is 0 Å². The third-order valence-corrected chi connectivity index (χ3v) is 4.31.